The number of ether oxygens (including phenoxy) is 2. The van der Waals surface area contributed by atoms with Gasteiger partial charge in [-0.3, -0.25) is 9.59 Å². The summed E-state index contributed by atoms with van der Waals surface area (Å²) >= 11 is 4.25. The molecule has 0 heterocycles. The summed E-state index contributed by atoms with van der Waals surface area (Å²) in [5, 5.41) is 0. The Kier molecular flexibility index (Phi) is 4.46. The maximum Gasteiger partial charge on any atom is 0.309 e. The van der Waals surface area contributed by atoms with Gasteiger partial charge in [-0.2, -0.15) is 12.6 Å². The van der Waals surface area contributed by atoms with Crippen molar-refractivity contribution in [3.8, 4) is 0 Å². The first kappa shape index (κ1) is 16.2. The third-order valence-electron chi connectivity index (χ3n) is 6.06. The molecule has 0 radical (unpaired) electrons. The van der Waals surface area contributed by atoms with E-state index in [0.29, 0.717) is 29.4 Å². The molecule has 4 rings (SSSR count). The van der Waals surface area contributed by atoms with Crippen molar-refractivity contribution in [2.24, 2.45) is 35.5 Å². The molecule has 4 bridgehead atoms. The molecule has 5 heteroatoms. The lowest BCUT2D eigenvalue weighted by molar-refractivity contribution is -0.163. The van der Waals surface area contributed by atoms with E-state index in [1.165, 1.54) is 0 Å². The van der Waals surface area contributed by atoms with E-state index in [1.807, 2.05) is 0 Å². The summed E-state index contributed by atoms with van der Waals surface area (Å²) in [5.41, 5.74) is 0. The molecule has 0 aromatic carbocycles. The number of rotatable bonds is 6. The molecule has 24 heavy (non-hydrogen) atoms. The number of esters is 2. The highest BCUT2D eigenvalue weighted by molar-refractivity contribution is 7.80. The van der Waals surface area contributed by atoms with Crippen LogP contribution in [0.25, 0.3) is 0 Å². The molecular weight excluding hydrogens is 324 g/mol. The van der Waals surface area contributed by atoms with Gasteiger partial charge in [0.2, 0.25) is 0 Å². The molecule has 4 aliphatic rings. The van der Waals surface area contributed by atoms with Crippen LogP contribution in [-0.2, 0) is 19.1 Å². The smallest absolute Gasteiger partial charge is 0.309 e. The molecular formula is C19H24O4S. The van der Waals surface area contributed by atoms with E-state index in [-0.39, 0.29) is 30.4 Å². The first-order valence-corrected chi connectivity index (χ1v) is 9.62. The summed E-state index contributed by atoms with van der Waals surface area (Å²) in [6.45, 7) is 0.113. The van der Waals surface area contributed by atoms with Crippen molar-refractivity contribution in [1.29, 1.82) is 0 Å². The lowest BCUT2D eigenvalue weighted by Gasteiger charge is -2.23. The van der Waals surface area contributed by atoms with Crippen LogP contribution in [0, 0.1) is 35.5 Å². The van der Waals surface area contributed by atoms with Crippen LogP contribution < -0.4 is 0 Å². The van der Waals surface area contributed by atoms with E-state index in [4.69, 9.17) is 9.47 Å². The second-order valence-corrected chi connectivity index (χ2v) is 8.01. The van der Waals surface area contributed by atoms with Gasteiger partial charge in [-0.25, -0.2) is 0 Å². The molecule has 0 aromatic heterocycles. The van der Waals surface area contributed by atoms with E-state index in [0.717, 1.165) is 25.7 Å². The van der Waals surface area contributed by atoms with Crippen LogP contribution in [0.1, 0.15) is 25.7 Å². The monoisotopic (exact) mass is 348 g/mol. The van der Waals surface area contributed by atoms with Gasteiger partial charge < -0.3 is 9.47 Å². The second-order valence-electron chi connectivity index (χ2n) is 7.64. The Morgan fingerprint density at radius 2 is 1.50 bits per heavy atom. The summed E-state index contributed by atoms with van der Waals surface area (Å²) in [5.74, 6) is 1.73. The first-order valence-electron chi connectivity index (χ1n) is 8.98. The fourth-order valence-corrected chi connectivity index (χ4v) is 4.94. The minimum absolute atomic E-state index is 0.0213. The van der Waals surface area contributed by atoms with Gasteiger partial charge in [0.15, 0.2) is 0 Å². The summed E-state index contributed by atoms with van der Waals surface area (Å²) in [6.07, 6.45) is 12.1. The van der Waals surface area contributed by atoms with Crippen molar-refractivity contribution >= 4 is 24.6 Å². The number of hydrogen-bond donors (Lipinski definition) is 1. The topological polar surface area (TPSA) is 52.6 Å². The fraction of sp³-hybridized carbons (Fsp3) is 0.684. The zero-order chi connectivity index (χ0) is 16.7. The second kappa shape index (κ2) is 6.58. The maximum absolute atomic E-state index is 12.4. The molecule has 0 spiro atoms. The van der Waals surface area contributed by atoms with Crippen LogP contribution in [0.15, 0.2) is 24.3 Å². The largest absolute Gasteiger partial charge is 0.461 e. The van der Waals surface area contributed by atoms with Gasteiger partial charge in [-0.1, -0.05) is 24.3 Å². The van der Waals surface area contributed by atoms with E-state index >= 15 is 0 Å². The average molecular weight is 348 g/mol. The normalized spacial score (nSPS) is 39.4. The summed E-state index contributed by atoms with van der Waals surface area (Å²) in [7, 11) is 0. The Morgan fingerprint density at radius 3 is 1.96 bits per heavy atom. The lowest BCUT2D eigenvalue weighted by Crippen LogP contribution is -2.33. The SMILES string of the molecule is O=C(OCC(CS)OC(=O)C1CC2C=CC1C2)C1CC2C=CC1C2. The predicted molar refractivity (Wildman–Crippen MR) is 92.4 cm³/mol. The van der Waals surface area contributed by atoms with Crippen molar-refractivity contribution in [3.05, 3.63) is 24.3 Å². The molecule has 2 saturated carbocycles. The van der Waals surface area contributed by atoms with Crippen LogP contribution in [0.2, 0.25) is 0 Å². The molecule has 0 amide bonds. The summed E-state index contributed by atoms with van der Waals surface area (Å²) in [4.78, 5) is 24.6. The van der Waals surface area contributed by atoms with E-state index in [2.05, 4.69) is 36.9 Å². The van der Waals surface area contributed by atoms with Gasteiger partial charge in [0, 0.05) is 5.75 Å². The predicted octanol–water partition coefficient (Wildman–Crippen LogP) is 2.80. The molecule has 0 saturated heterocycles. The molecule has 0 N–H and O–H groups in total. The number of carbonyl (C=O) groups excluding carboxylic acids is 2. The average Bonchev–Trinajstić information content (AvgIpc) is 3.38. The van der Waals surface area contributed by atoms with Crippen LogP contribution >= 0.6 is 12.6 Å². The minimum atomic E-state index is -0.456. The Labute approximate surface area is 148 Å². The Balaban J connectivity index is 1.25. The van der Waals surface area contributed by atoms with Crippen molar-refractivity contribution < 1.29 is 19.1 Å². The number of hydrogen-bond acceptors (Lipinski definition) is 5. The molecule has 4 nitrogen and oxygen atoms in total. The zero-order valence-electron chi connectivity index (χ0n) is 13.7. The highest BCUT2D eigenvalue weighted by Crippen LogP contribution is 2.45. The van der Waals surface area contributed by atoms with Gasteiger partial charge in [0.1, 0.15) is 12.7 Å². The quantitative estimate of drug-likeness (QED) is 0.456. The van der Waals surface area contributed by atoms with Gasteiger partial charge in [0.05, 0.1) is 11.8 Å². The number of allylic oxidation sites excluding steroid dienone is 4. The molecule has 7 atom stereocenters. The molecule has 7 unspecified atom stereocenters. The number of thiol groups is 1. The Morgan fingerprint density at radius 1 is 0.917 bits per heavy atom. The number of fused-ring (bicyclic) bond motifs is 4. The first-order chi connectivity index (χ1) is 11.6. The Hall–Kier alpha value is -1.23. The van der Waals surface area contributed by atoms with E-state index in [1.54, 1.807) is 0 Å². The van der Waals surface area contributed by atoms with Gasteiger partial charge in [0.25, 0.3) is 0 Å². The van der Waals surface area contributed by atoms with Gasteiger partial charge in [-0.15, -0.1) is 0 Å². The molecule has 0 aliphatic heterocycles. The van der Waals surface area contributed by atoms with Crippen LogP contribution in [0.3, 0.4) is 0 Å². The molecule has 2 fully saturated rings. The zero-order valence-corrected chi connectivity index (χ0v) is 14.6. The summed E-state index contributed by atoms with van der Waals surface area (Å²) in [6, 6.07) is 0. The van der Waals surface area contributed by atoms with E-state index < -0.39 is 6.10 Å². The van der Waals surface area contributed by atoms with E-state index in [9.17, 15) is 9.59 Å². The third kappa shape index (κ3) is 3.03. The van der Waals surface area contributed by atoms with Gasteiger partial charge >= 0.3 is 11.9 Å². The Bertz CT molecular complexity index is 584. The molecule has 130 valence electrons. The minimum Gasteiger partial charge on any atom is -0.461 e. The highest BCUT2D eigenvalue weighted by Gasteiger charge is 2.42. The fourth-order valence-electron chi connectivity index (χ4n) is 4.76. The van der Waals surface area contributed by atoms with Crippen molar-refractivity contribution in [3.63, 3.8) is 0 Å². The number of carbonyl (C=O) groups is 2. The van der Waals surface area contributed by atoms with Crippen molar-refractivity contribution in [1.82, 2.24) is 0 Å². The maximum atomic E-state index is 12.4. The van der Waals surface area contributed by atoms with Crippen molar-refractivity contribution in [2.45, 2.75) is 31.8 Å². The highest BCUT2D eigenvalue weighted by atomic mass is 32.1. The van der Waals surface area contributed by atoms with Crippen LogP contribution in [0.5, 0.6) is 0 Å². The molecule has 4 aliphatic carbocycles. The van der Waals surface area contributed by atoms with Crippen molar-refractivity contribution in [2.75, 3.05) is 12.4 Å². The third-order valence-corrected chi connectivity index (χ3v) is 6.47. The lowest BCUT2D eigenvalue weighted by atomic mass is 9.94. The summed E-state index contributed by atoms with van der Waals surface area (Å²) < 4.78 is 11.0. The standard InChI is InChI=1S/C19H24O4S/c20-18(16-7-11-1-3-13(16)5-11)22-9-15(10-24)23-19(21)17-8-12-2-4-14(17)6-12/h1-4,11-17,24H,5-10H2. The van der Waals surface area contributed by atoms with Crippen LogP contribution in [-0.4, -0.2) is 30.4 Å². The van der Waals surface area contributed by atoms with Crippen LogP contribution in [0.4, 0.5) is 0 Å². The van der Waals surface area contributed by atoms with Gasteiger partial charge in [-0.05, 0) is 49.4 Å². The molecule has 0 aromatic rings.